The molecule has 3 amide bonds. The number of amides is 3. The van der Waals surface area contributed by atoms with Gasteiger partial charge in [-0.15, -0.1) is 11.3 Å². The second kappa shape index (κ2) is 10.7. The number of urea groups is 1. The van der Waals surface area contributed by atoms with Crippen molar-refractivity contribution in [2.45, 2.75) is 25.2 Å². The average Bonchev–Trinajstić information content (AvgIpc) is 3.34. The summed E-state index contributed by atoms with van der Waals surface area (Å²) in [5.74, 6) is 0.148. The number of halogens is 1. The van der Waals surface area contributed by atoms with Crippen molar-refractivity contribution in [3.8, 4) is 0 Å². The highest BCUT2D eigenvalue weighted by Crippen LogP contribution is 2.28. The number of thiophene rings is 1. The molecule has 0 radical (unpaired) electrons. The maximum atomic E-state index is 12.7. The third-order valence-corrected chi connectivity index (χ3v) is 6.85. The summed E-state index contributed by atoms with van der Waals surface area (Å²) in [6.07, 6.45) is 2.76. The molecule has 1 atom stereocenters. The van der Waals surface area contributed by atoms with E-state index < -0.39 is 0 Å². The molecule has 1 aliphatic heterocycles. The summed E-state index contributed by atoms with van der Waals surface area (Å²) in [5.41, 5.74) is 2.49. The third kappa shape index (κ3) is 5.90. The Bertz CT molecular complexity index is 1050. The molecule has 7 heteroatoms. The van der Waals surface area contributed by atoms with Crippen molar-refractivity contribution in [2.24, 2.45) is 0 Å². The van der Waals surface area contributed by atoms with Crippen LogP contribution in [0.25, 0.3) is 0 Å². The van der Waals surface area contributed by atoms with Crippen LogP contribution in [0.1, 0.15) is 39.6 Å². The molecule has 1 fully saturated rings. The number of rotatable bonds is 6. The van der Waals surface area contributed by atoms with Crippen molar-refractivity contribution < 1.29 is 9.59 Å². The molecule has 0 saturated carbocycles. The van der Waals surface area contributed by atoms with Crippen molar-refractivity contribution in [3.63, 3.8) is 0 Å². The zero-order chi connectivity index (χ0) is 22.3. The Morgan fingerprint density at radius 3 is 2.72 bits per heavy atom. The highest BCUT2D eigenvalue weighted by Gasteiger charge is 2.25. The van der Waals surface area contributed by atoms with Crippen LogP contribution >= 0.6 is 22.9 Å². The Morgan fingerprint density at radius 1 is 1.09 bits per heavy atom. The van der Waals surface area contributed by atoms with Gasteiger partial charge in [-0.1, -0.05) is 29.8 Å². The van der Waals surface area contributed by atoms with Gasteiger partial charge in [-0.25, -0.2) is 4.79 Å². The van der Waals surface area contributed by atoms with E-state index in [0.29, 0.717) is 23.7 Å². The second-order valence-electron chi connectivity index (χ2n) is 7.93. The van der Waals surface area contributed by atoms with E-state index in [1.54, 1.807) is 35.6 Å². The van der Waals surface area contributed by atoms with Gasteiger partial charge in [-0.2, -0.15) is 0 Å². The molecule has 5 nitrogen and oxygen atoms in total. The predicted octanol–water partition coefficient (Wildman–Crippen LogP) is 5.79. The first kappa shape index (κ1) is 22.4. The topological polar surface area (TPSA) is 61.4 Å². The van der Waals surface area contributed by atoms with Crippen LogP contribution in [0.15, 0.2) is 66.0 Å². The van der Waals surface area contributed by atoms with Crippen LogP contribution in [-0.4, -0.2) is 36.5 Å². The molecular formula is C25H26ClN3O2S. The maximum absolute atomic E-state index is 12.7. The van der Waals surface area contributed by atoms with Crippen molar-refractivity contribution >= 4 is 40.6 Å². The smallest absolute Gasteiger partial charge is 0.321 e. The Balaban J connectivity index is 1.35. The summed E-state index contributed by atoms with van der Waals surface area (Å²) >= 11 is 7.62. The fraction of sp³-hybridized carbons (Fsp3) is 0.280. The Labute approximate surface area is 197 Å². The number of hydrogen-bond acceptors (Lipinski definition) is 3. The number of nitrogens with one attached hydrogen (secondary N) is 2. The minimum Gasteiger partial charge on any atom is -0.352 e. The quantitative estimate of drug-likeness (QED) is 0.482. The van der Waals surface area contributed by atoms with Gasteiger partial charge in [0, 0.05) is 46.7 Å². The van der Waals surface area contributed by atoms with Gasteiger partial charge in [0.05, 0.1) is 0 Å². The minimum absolute atomic E-state index is 0.0587. The molecule has 2 heterocycles. The molecule has 2 N–H and O–H groups in total. The molecular weight excluding hydrogens is 442 g/mol. The number of piperidine rings is 1. The lowest BCUT2D eigenvalue weighted by molar-refractivity contribution is 0.0954. The van der Waals surface area contributed by atoms with Crippen LogP contribution in [0.3, 0.4) is 0 Å². The summed E-state index contributed by atoms with van der Waals surface area (Å²) in [7, 11) is 0. The maximum Gasteiger partial charge on any atom is 0.321 e. The first-order valence-electron chi connectivity index (χ1n) is 10.8. The van der Waals surface area contributed by atoms with Crippen LogP contribution < -0.4 is 10.6 Å². The van der Waals surface area contributed by atoms with Gasteiger partial charge >= 0.3 is 6.03 Å². The number of likely N-dealkylation sites (tertiary alicyclic amines) is 1. The third-order valence-electron chi connectivity index (χ3n) is 5.66. The van der Waals surface area contributed by atoms with Crippen molar-refractivity contribution in [1.82, 2.24) is 10.2 Å². The zero-order valence-corrected chi connectivity index (χ0v) is 19.3. The lowest BCUT2D eigenvalue weighted by atomic mass is 9.89. The molecule has 3 aromatic rings. The van der Waals surface area contributed by atoms with Crippen molar-refractivity contribution in [1.29, 1.82) is 0 Å². The summed E-state index contributed by atoms with van der Waals surface area (Å²) in [6.45, 7) is 1.97. The average molecular weight is 468 g/mol. The van der Waals surface area contributed by atoms with Crippen LogP contribution in [0, 0.1) is 0 Å². The molecule has 2 aromatic carbocycles. The lowest BCUT2D eigenvalue weighted by Crippen LogP contribution is -2.41. The summed E-state index contributed by atoms with van der Waals surface area (Å²) in [6, 6.07) is 18.9. The van der Waals surface area contributed by atoms with Gasteiger partial charge in [-0.3, -0.25) is 4.79 Å². The van der Waals surface area contributed by atoms with Crippen molar-refractivity contribution in [2.75, 3.05) is 25.0 Å². The summed E-state index contributed by atoms with van der Waals surface area (Å²) < 4.78 is 0. The normalized spacial score (nSPS) is 15.9. The fourth-order valence-electron chi connectivity index (χ4n) is 3.96. The van der Waals surface area contributed by atoms with Gasteiger partial charge in [-0.05, 0) is 72.7 Å². The lowest BCUT2D eigenvalue weighted by Gasteiger charge is -2.33. The van der Waals surface area contributed by atoms with E-state index in [4.69, 9.17) is 11.6 Å². The first-order chi connectivity index (χ1) is 15.6. The number of anilines is 1. The molecule has 1 aliphatic rings. The summed E-state index contributed by atoms with van der Waals surface area (Å²) in [4.78, 5) is 28.5. The largest absolute Gasteiger partial charge is 0.352 e. The first-order valence-corrected chi connectivity index (χ1v) is 12.1. The molecule has 0 aliphatic carbocycles. The minimum atomic E-state index is -0.112. The summed E-state index contributed by atoms with van der Waals surface area (Å²) in [5, 5.41) is 8.63. The van der Waals surface area contributed by atoms with Gasteiger partial charge in [0.1, 0.15) is 0 Å². The number of carbonyl (C=O) groups is 2. The SMILES string of the molecule is O=C(NCCc1cccs1)c1cccc([C@H]2CCCN(C(=O)Nc3ccc(Cl)cc3)C2)c1. The number of carbonyl (C=O) groups excluding carboxylic acids is 2. The Kier molecular flexibility index (Phi) is 7.45. The highest BCUT2D eigenvalue weighted by molar-refractivity contribution is 7.09. The zero-order valence-electron chi connectivity index (χ0n) is 17.7. The van der Waals surface area contributed by atoms with Crippen molar-refractivity contribution in [3.05, 3.63) is 87.1 Å². The molecule has 1 saturated heterocycles. The molecule has 0 unspecified atom stereocenters. The van der Waals surface area contributed by atoms with E-state index in [-0.39, 0.29) is 17.9 Å². The van der Waals surface area contributed by atoms with Crippen LogP contribution in [0.2, 0.25) is 5.02 Å². The standard InChI is InChI=1S/C25H26ClN3O2S/c26-21-8-10-22(11-9-21)28-25(31)29-14-2-6-20(17-29)18-4-1-5-19(16-18)24(30)27-13-12-23-7-3-15-32-23/h1,3-5,7-11,15-16,20H,2,6,12-14,17H2,(H,27,30)(H,28,31)/t20-/m0/s1. The van der Waals surface area contributed by atoms with E-state index in [2.05, 4.69) is 16.7 Å². The number of benzene rings is 2. The van der Waals surface area contributed by atoms with Gasteiger partial charge < -0.3 is 15.5 Å². The molecule has 4 rings (SSSR count). The second-order valence-corrected chi connectivity index (χ2v) is 9.40. The molecule has 0 bridgehead atoms. The fourth-order valence-corrected chi connectivity index (χ4v) is 4.79. The van der Waals surface area contributed by atoms with E-state index in [1.807, 2.05) is 40.6 Å². The van der Waals surface area contributed by atoms with Gasteiger partial charge in [0.25, 0.3) is 5.91 Å². The van der Waals surface area contributed by atoms with E-state index >= 15 is 0 Å². The molecule has 1 aromatic heterocycles. The van der Waals surface area contributed by atoms with Crippen LogP contribution in [0.5, 0.6) is 0 Å². The molecule has 0 spiro atoms. The monoisotopic (exact) mass is 467 g/mol. The molecule has 166 valence electrons. The highest BCUT2D eigenvalue weighted by atomic mass is 35.5. The van der Waals surface area contributed by atoms with Crippen LogP contribution in [-0.2, 0) is 6.42 Å². The predicted molar refractivity (Wildman–Crippen MR) is 131 cm³/mol. The van der Waals surface area contributed by atoms with Gasteiger partial charge in [0.15, 0.2) is 0 Å². The van der Waals surface area contributed by atoms with Crippen LogP contribution in [0.4, 0.5) is 10.5 Å². The van der Waals surface area contributed by atoms with E-state index in [0.717, 1.165) is 37.1 Å². The molecule has 32 heavy (non-hydrogen) atoms. The number of hydrogen-bond donors (Lipinski definition) is 2. The van der Waals surface area contributed by atoms with Gasteiger partial charge in [0.2, 0.25) is 0 Å². The van der Waals surface area contributed by atoms with E-state index in [9.17, 15) is 9.59 Å². The van der Waals surface area contributed by atoms with E-state index in [1.165, 1.54) is 4.88 Å². The Hall–Kier alpha value is -2.83. The number of nitrogens with zero attached hydrogens (tertiary/aromatic N) is 1. The Morgan fingerprint density at radius 2 is 1.94 bits per heavy atom.